The minimum absolute atomic E-state index is 0.498. The van der Waals surface area contributed by atoms with E-state index in [9.17, 15) is 0 Å². The molecule has 11 heavy (non-hydrogen) atoms. The minimum Gasteiger partial charge on any atom is -0.489 e. The van der Waals surface area contributed by atoms with Crippen LogP contribution in [0.1, 0.15) is 0 Å². The van der Waals surface area contributed by atoms with Gasteiger partial charge in [0.1, 0.15) is 12.4 Å². The van der Waals surface area contributed by atoms with E-state index in [4.69, 9.17) is 16.3 Å². The topological polar surface area (TPSA) is 9.23 Å². The molecule has 0 aliphatic heterocycles. The fourth-order valence-electron chi connectivity index (χ4n) is 0.630. The maximum atomic E-state index is 5.64. The molecule has 0 amide bonds. The first-order valence-corrected chi connectivity index (χ1v) is 3.61. The Morgan fingerprint density at radius 3 is 3.00 bits per heavy atom. The van der Waals surface area contributed by atoms with Crippen LogP contribution in [0.15, 0.2) is 30.9 Å². The van der Waals surface area contributed by atoms with Crippen molar-refractivity contribution in [3.8, 4) is 5.75 Å². The molecule has 0 N–H and O–H groups in total. The highest BCUT2D eigenvalue weighted by Gasteiger charge is 1.90. The third-order valence-corrected chi connectivity index (χ3v) is 1.34. The zero-order chi connectivity index (χ0) is 8.10. The van der Waals surface area contributed by atoms with Crippen LogP contribution >= 0.6 is 11.6 Å². The van der Waals surface area contributed by atoms with E-state index in [2.05, 4.69) is 12.6 Å². The van der Waals surface area contributed by atoms with Crippen molar-refractivity contribution < 1.29 is 4.74 Å². The van der Waals surface area contributed by atoms with Crippen molar-refractivity contribution >= 4 is 11.6 Å². The van der Waals surface area contributed by atoms with E-state index in [1.807, 2.05) is 0 Å². The maximum absolute atomic E-state index is 5.64. The summed E-state index contributed by atoms with van der Waals surface area (Å²) in [6, 6.07) is 8.07. The van der Waals surface area contributed by atoms with Gasteiger partial charge in [-0.25, -0.2) is 0 Å². The van der Waals surface area contributed by atoms with Gasteiger partial charge < -0.3 is 4.74 Å². The number of hydrogen-bond donors (Lipinski definition) is 0. The van der Waals surface area contributed by atoms with Gasteiger partial charge >= 0.3 is 0 Å². The normalized spacial score (nSPS) is 9.18. The molecule has 57 valence electrons. The second kappa shape index (κ2) is 4.04. The third-order valence-electron chi connectivity index (χ3n) is 1.10. The molecule has 0 fully saturated rings. The Balaban J connectivity index is 2.58. The molecule has 1 aromatic carbocycles. The molecule has 1 nitrogen and oxygen atoms in total. The average Bonchev–Trinajstić information content (AvgIpc) is 2.04. The summed E-state index contributed by atoms with van der Waals surface area (Å²) in [5.41, 5.74) is 0. The van der Waals surface area contributed by atoms with E-state index in [1.165, 1.54) is 0 Å². The molecule has 0 bridgehead atoms. The van der Waals surface area contributed by atoms with E-state index in [1.54, 1.807) is 24.3 Å². The molecule has 0 aliphatic rings. The van der Waals surface area contributed by atoms with Crippen molar-refractivity contribution in [2.24, 2.45) is 0 Å². The molecule has 0 aliphatic carbocycles. The molecule has 0 spiro atoms. The summed E-state index contributed by atoms with van der Waals surface area (Å²) in [7, 11) is 0. The first-order chi connectivity index (χ1) is 5.33. The monoisotopic (exact) mass is 167 g/mol. The van der Waals surface area contributed by atoms with Crippen molar-refractivity contribution in [3.05, 3.63) is 41.9 Å². The molecule has 0 saturated carbocycles. The molecule has 0 aromatic heterocycles. The molecule has 0 heterocycles. The van der Waals surface area contributed by atoms with E-state index in [-0.39, 0.29) is 0 Å². The fraction of sp³-hybridized carbons (Fsp3) is 0.111. The smallest absolute Gasteiger partial charge is 0.127 e. The number of rotatable bonds is 3. The zero-order valence-electron chi connectivity index (χ0n) is 6.01. The summed E-state index contributed by atoms with van der Waals surface area (Å²) in [6.45, 7) is 4.03. The first kappa shape index (κ1) is 8.15. The molecule has 0 atom stereocenters. The molecule has 1 aromatic rings. The van der Waals surface area contributed by atoms with Crippen LogP contribution in [0, 0.1) is 6.07 Å². The molecule has 2 heteroatoms. The summed E-state index contributed by atoms with van der Waals surface area (Å²) >= 11 is 5.64. The lowest BCUT2D eigenvalue weighted by Crippen LogP contribution is -1.91. The van der Waals surface area contributed by atoms with Crippen molar-refractivity contribution in [2.75, 3.05) is 6.61 Å². The Hall–Kier alpha value is -0.950. The number of hydrogen-bond acceptors (Lipinski definition) is 1. The van der Waals surface area contributed by atoms with Crippen molar-refractivity contribution in [3.63, 3.8) is 0 Å². The number of ether oxygens (including phenoxy) is 1. The van der Waals surface area contributed by atoms with Gasteiger partial charge in [0, 0.05) is 11.1 Å². The third kappa shape index (κ3) is 2.64. The Labute approximate surface area is 71.3 Å². The van der Waals surface area contributed by atoms with Gasteiger partial charge in [-0.15, -0.1) is 0 Å². The highest BCUT2D eigenvalue weighted by molar-refractivity contribution is 6.30. The molecular weight excluding hydrogens is 160 g/mol. The van der Waals surface area contributed by atoms with Crippen LogP contribution in [-0.2, 0) is 0 Å². The van der Waals surface area contributed by atoms with Crippen molar-refractivity contribution in [2.45, 2.75) is 0 Å². The average molecular weight is 168 g/mol. The largest absolute Gasteiger partial charge is 0.489 e. The van der Waals surface area contributed by atoms with Crippen LogP contribution in [0.5, 0.6) is 5.75 Å². The molecule has 1 radical (unpaired) electrons. The van der Waals surface area contributed by atoms with Crippen LogP contribution in [0.25, 0.3) is 0 Å². The Kier molecular flexibility index (Phi) is 2.99. The summed E-state index contributed by atoms with van der Waals surface area (Å²) < 4.78 is 5.18. The van der Waals surface area contributed by atoms with Crippen molar-refractivity contribution in [1.29, 1.82) is 0 Å². The van der Waals surface area contributed by atoms with Crippen LogP contribution in [0.2, 0.25) is 5.02 Å². The Morgan fingerprint density at radius 2 is 2.45 bits per heavy atom. The van der Waals surface area contributed by atoms with Gasteiger partial charge in [-0.3, -0.25) is 0 Å². The molecule has 1 rings (SSSR count). The van der Waals surface area contributed by atoms with E-state index < -0.39 is 0 Å². The van der Waals surface area contributed by atoms with Gasteiger partial charge in [0.05, 0.1) is 0 Å². The zero-order valence-corrected chi connectivity index (χ0v) is 6.77. The highest BCUT2D eigenvalue weighted by atomic mass is 35.5. The summed E-state index contributed by atoms with van der Waals surface area (Å²) in [4.78, 5) is 0. The van der Waals surface area contributed by atoms with Gasteiger partial charge in [-0.05, 0) is 18.2 Å². The van der Waals surface area contributed by atoms with Crippen LogP contribution < -0.4 is 4.74 Å². The second-order valence-electron chi connectivity index (χ2n) is 1.97. The second-order valence-corrected chi connectivity index (χ2v) is 2.41. The maximum Gasteiger partial charge on any atom is 0.127 e. The Bertz CT molecular complexity index is 228. The van der Waals surface area contributed by atoms with Crippen molar-refractivity contribution in [1.82, 2.24) is 0 Å². The van der Waals surface area contributed by atoms with Gasteiger partial charge in [-0.1, -0.05) is 24.3 Å². The summed E-state index contributed by atoms with van der Waals surface area (Å²) in [5.74, 6) is 0.689. The highest BCUT2D eigenvalue weighted by Crippen LogP contribution is 2.14. The number of benzene rings is 1. The Morgan fingerprint density at radius 1 is 1.64 bits per heavy atom. The van der Waals surface area contributed by atoms with Crippen LogP contribution in [0.3, 0.4) is 0 Å². The lowest BCUT2D eigenvalue weighted by atomic mass is 10.3. The predicted octanol–water partition coefficient (Wildman–Crippen LogP) is 2.70. The van der Waals surface area contributed by atoms with E-state index >= 15 is 0 Å². The SMILES string of the molecule is C=CCOc1[c]cc(Cl)cc1. The van der Waals surface area contributed by atoms with Gasteiger partial charge in [0.2, 0.25) is 0 Å². The standard InChI is InChI=1S/C9H8ClO/c1-2-7-11-9-5-3-8(10)4-6-9/h2-5H,1,7H2. The lowest BCUT2D eigenvalue weighted by molar-refractivity contribution is 0.362. The lowest BCUT2D eigenvalue weighted by Gasteiger charge is -2.00. The first-order valence-electron chi connectivity index (χ1n) is 3.24. The minimum atomic E-state index is 0.498. The predicted molar refractivity (Wildman–Crippen MR) is 46.0 cm³/mol. The van der Waals surface area contributed by atoms with E-state index in [0.717, 1.165) is 0 Å². The quantitative estimate of drug-likeness (QED) is 0.629. The van der Waals surface area contributed by atoms with E-state index in [0.29, 0.717) is 17.4 Å². The molecule has 0 unspecified atom stereocenters. The van der Waals surface area contributed by atoms with Crippen LogP contribution in [-0.4, -0.2) is 6.61 Å². The summed E-state index contributed by atoms with van der Waals surface area (Å²) in [5, 5.41) is 0.663. The van der Waals surface area contributed by atoms with Crippen LogP contribution in [0.4, 0.5) is 0 Å². The van der Waals surface area contributed by atoms with Gasteiger partial charge in [0.25, 0.3) is 0 Å². The molecular formula is C9H8ClO. The fourth-order valence-corrected chi connectivity index (χ4v) is 0.748. The molecule has 0 saturated heterocycles. The van der Waals surface area contributed by atoms with Gasteiger partial charge in [0.15, 0.2) is 0 Å². The summed E-state index contributed by atoms with van der Waals surface area (Å²) in [6.07, 6.45) is 1.68. The van der Waals surface area contributed by atoms with Gasteiger partial charge in [-0.2, -0.15) is 0 Å². The number of halogens is 1.